The molecule has 0 aliphatic rings. The molecule has 8 nitrogen and oxygen atoms in total. The third kappa shape index (κ3) is 6.68. The second kappa shape index (κ2) is 12.3. The number of hydrogen-bond donors (Lipinski definition) is 3. The third-order valence-corrected chi connectivity index (χ3v) is 6.87. The lowest BCUT2D eigenvalue weighted by atomic mass is 10.00. The maximum atomic E-state index is 11.2. The molecule has 1 atom stereocenters. The van der Waals surface area contributed by atoms with E-state index in [4.69, 9.17) is 19.4 Å². The zero-order valence-electron chi connectivity index (χ0n) is 21.1. The molecule has 1 aromatic carbocycles. The van der Waals surface area contributed by atoms with E-state index in [0.29, 0.717) is 17.6 Å². The molecule has 0 saturated carbocycles. The van der Waals surface area contributed by atoms with E-state index in [2.05, 4.69) is 36.6 Å². The molecule has 3 N–H and O–H groups in total. The highest BCUT2D eigenvalue weighted by molar-refractivity contribution is 7.13. The van der Waals surface area contributed by atoms with Crippen molar-refractivity contribution in [2.24, 2.45) is 5.92 Å². The summed E-state index contributed by atoms with van der Waals surface area (Å²) in [6.45, 7) is 10.0. The molecule has 0 radical (unpaired) electrons. The number of carbonyl (C=O) groups is 1. The Balaban J connectivity index is 1.81. The normalized spacial score (nSPS) is 12.2. The highest BCUT2D eigenvalue weighted by Gasteiger charge is 2.20. The van der Waals surface area contributed by atoms with Gasteiger partial charge >= 0.3 is 0 Å². The number of amides is 1. The summed E-state index contributed by atoms with van der Waals surface area (Å²) in [6, 6.07) is 3.99. The number of nitrogens with zero attached hydrogens (tertiary/aromatic N) is 2. The second-order valence-corrected chi connectivity index (χ2v) is 9.87. The van der Waals surface area contributed by atoms with Crippen molar-refractivity contribution < 1.29 is 24.3 Å². The lowest BCUT2D eigenvalue weighted by molar-refractivity contribution is -0.124. The fraction of sp³-hybridized carbons (Fsp3) is 0.500. The number of aryl methyl sites for hydroxylation is 2. The Bertz CT molecular complexity index is 1110. The molecule has 0 spiro atoms. The Morgan fingerprint density at radius 1 is 1.20 bits per heavy atom. The first kappa shape index (κ1) is 26.8. The Morgan fingerprint density at radius 3 is 2.49 bits per heavy atom. The number of benzene rings is 1. The molecule has 0 fully saturated rings. The monoisotopic (exact) mass is 501 g/mol. The van der Waals surface area contributed by atoms with Crippen molar-refractivity contribution in [2.75, 3.05) is 19.8 Å². The first-order valence-electron chi connectivity index (χ1n) is 12.0. The Kier molecular flexibility index (Phi) is 9.42. The van der Waals surface area contributed by atoms with Gasteiger partial charge in [0.05, 0.1) is 4.88 Å². The van der Waals surface area contributed by atoms with E-state index in [-0.39, 0.29) is 13.2 Å². The number of thiophene rings is 1. The zero-order chi connectivity index (χ0) is 25.5. The molecule has 35 heavy (non-hydrogen) atoms. The second-order valence-electron chi connectivity index (χ2n) is 8.99. The number of ether oxygens (including phenoxy) is 1. The SMILES string of the molecule is CCc1cc(-c2noc(-c3scc(CC(C)C)c3C)n2)cc(CC)c1OC[C@H](O)CNC(=O)CO. The number of hydrogen-bond acceptors (Lipinski definition) is 8. The third-order valence-electron chi connectivity index (χ3n) is 5.75. The van der Waals surface area contributed by atoms with Crippen LogP contribution >= 0.6 is 11.3 Å². The van der Waals surface area contributed by atoms with Gasteiger partial charge in [0, 0.05) is 12.1 Å². The number of rotatable bonds is 12. The zero-order valence-corrected chi connectivity index (χ0v) is 21.9. The first-order valence-corrected chi connectivity index (χ1v) is 12.9. The van der Waals surface area contributed by atoms with Crippen molar-refractivity contribution in [1.82, 2.24) is 15.5 Å². The van der Waals surface area contributed by atoms with E-state index in [0.717, 1.165) is 46.6 Å². The van der Waals surface area contributed by atoms with E-state index >= 15 is 0 Å². The predicted octanol–water partition coefficient (Wildman–Crippen LogP) is 3.95. The Labute approximate surface area is 210 Å². The topological polar surface area (TPSA) is 118 Å². The van der Waals surface area contributed by atoms with Gasteiger partial charge in [0.15, 0.2) is 0 Å². The van der Waals surface area contributed by atoms with Crippen LogP contribution in [0.25, 0.3) is 22.2 Å². The molecule has 0 unspecified atom stereocenters. The van der Waals surface area contributed by atoms with Crippen LogP contribution in [0.2, 0.25) is 0 Å². The molecular formula is C26H35N3O5S. The van der Waals surface area contributed by atoms with Gasteiger partial charge in [-0.25, -0.2) is 0 Å². The summed E-state index contributed by atoms with van der Waals surface area (Å²) in [5.41, 5.74) is 5.32. The molecule has 2 aromatic heterocycles. The van der Waals surface area contributed by atoms with Crippen molar-refractivity contribution in [2.45, 2.75) is 60.0 Å². The van der Waals surface area contributed by atoms with E-state index in [1.165, 1.54) is 11.1 Å². The standard InChI is InChI=1S/C26H35N3O5S/c1-6-17-9-19(10-18(7-2)23(17)33-13-21(31)11-27-22(32)12-30)25-28-26(34-29-25)24-16(5)20(14-35-24)8-15(3)4/h9-10,14-15,21,30-31H,6-8,11-13H2,1-5H3,(H,27,32)/t21-/m1/s1. The molecule has 3 aromatic rings. The fourth-order valence-electron chi connectivity index (χ4n) is 3.86. The van der Waals surface area contributed by atoms with Crippen LogP contribution < -0.4 is 10.1 Å². The predicted molar refractivity (Wildman–Crippen MR) is 137 cm³/mol. The van der Waals surface area contributed by atoms with Crippen molar-refractivity contribution in [3.8, 4) is 27.9 Å². The van der Waals surface area contributed by atoms with Crippen molar-refractivity contribution in [3.05, 3.63) is 39.8 Å². The highest BCUT2D eigenvalue weighted by atomic mass is 32.1. The maximum Gasteiger partial charge on any atom is 0.268 e. The van der Waals surface area contributed by atoms with Crippen LogP contribution in [-0.2, 0) is 24.1 Å². The van der Waals surface area contributed by atoms with Gasteiger partial charge in [-0.05, 0) is 71.9 Å². The lowest BCUT2D eigenvalue weighted by Crippen LogP contribution is -2.36. The van der Waals surface area contributed by atoms with Crippen LogP contribution in [0.3, 0.4) is 0 Å². The molecule has 0 bridgehead atoms. The van der Waals surface area contributed by atoms with E-state index in [1.54, 1.807) is 11.3 Å². The average Bonchev–Trinajstić information content (AvgIpc) is 3.47. The van der Waals surface area contributed by atoms with Gasteiger partial charge < -0.3 is 24.8 Å². The van der Waals surface area contributed by atoms with E-state index in [9.17, 15) is 9.90 Å². The average molecular weight is 502 g/mol. The minimum absolute atomic E-state index is 0.00699. The molecule has 0 aliphatic carbocycles. The van der Waals surface area contributed by atoms with Crippen LogP contribution in [0.4, 0.5) is 0 Å². The van der Waals surface area contributed by atoms with Crippen LogP contribution in [-0.4, -0.2) is 52.1 Å². The number of aliphatic hydroxyl groups is 2. The molecule has 190 valence electrons. The summed E-state index contributed by atoms with van der Waals surface area (Å²) in [6.07, 6.45) is 1.57. The molecule has 0 saturated heterocycles. The van der Waals surface area contributed by atoms with Crippen LogP contribution in [0.5, 0.6) is 5.75 Å². The van der Waals surface area contributed by atoms with E-state index in [1.807, 2.05) is 26.0 Å². The number of aromatic nitrogens is 2. The summed E-state index contributed by atoms with van der Waals surface area (Å²) < 4.78 is 11.6. The van der Waals surface area contributed by atoms with E-state index < -0.39 is 18.6 Å². The quantitative estimate of drug-likeness (QED) is 0.344. The van der Waals surface area contributed by atoms with Gasteiger partial charge in [0.25, 0.3) is 5.89 Å². The summed E-state index contributed by atoms with van der Waals surface area (Å²) in [7, 11) is 0. The van der Waals surface area contributed by atoms with Crippen LogP contribution in [0.1, 0.15) is 49.9 Å². The van der Waals surface area contributed by atoms with Crippen LogP contribution in [0.15, 0.2) is 22.0 Å². The maximum absolute atomic E-state index is 11.2. The van der Waals surface area contributed by atoms with Gasteiger partial charge in [-0.1, -0.05) is 32.9 Å². The molecular weight excluding hydrogens is 466 g/mol. The number of aliphatic hydroxyl groups excluding tert-OH is 2. The van der Waals surface area contributed by atoms with Gasteiger partial charge in [-0.15, -0.1) is 11.3 Å². The molecule has 2 heterocycles. The summed E-state index contributed by atoms with van der Waals surface area (Å²) >= 11 is 1.63. The molecule has 0 aliphatic heterocycles. The summed E-state index contributed by atoms with van der Waals surface area (Å²) in [5, 5.41) is 27.8. The minimum atomic E-state index is -0.894. The van der Waals surface area contributed by atoms with Gasteiger partial charge in [0.1, 0.15) is 25.1 Å². The molecule has 1 amide bonds. The van der Waals surface area contributed by atoms with Crippen LogP contribution in [0, 0.1) is 12.8 Å². The summed E-state index contributed by atoms with van der Waals surface area (Å²) in [4.78, 5) is 16.9. The fourth-order valence-corrected chi connectivity index (χ4v) is 4.88. The van der Waals surface area contributed by atoms with Gasteiger partial charge in [-0.2, -0.15) is 4.98 Å². The van der Waals surface area contributed by atoms with Crippen molar-refractivity contribution in [3.63, 3.8) is 0 Å². The Hall–Kier alpha value is -2.75. The van der Waals surface area contributed by atoms with Crippen molar-refractivity contribution in [1.29, 1.82) is 0 Å². The first-order chi connectivity index (χ1) is 16.8. The van der Waals surface area contributed by atoms with Gasteiger partial charge in [-0.3, -0.25) is 4.79 Å². The molecule has 9 heteroatoms. The largest absolute Gasteiger partial charge is 0.490 e. The Morgan fingerprint density at radius 2 is 1.89 bits per heavy atom. The minimum Gasteiger partial charge on any atom is -0.490 e. The smallest absolute Gasteiger partial charge is 0.268 e. The highest BCUT2D eigenvalue weighted by Crippen LogP contribution is 2.35. The molecule has 3 rings (SSSR count). The number of nitrogens with one attached hydrogen (secondary N) is 1. The van der Waals surface area contributed by atoms with Gasteiger partial charge in [0.2, 0.25) is 11.7 Å². The number of carbonyl (C=O) groups excluding carboxylic acids is 1. The summed E-state index contributed by atoms with van der Waals surface area (Å²) in [5.74, 6) is 1.83. The van der Waals surface area contributed by atoms with Crippen molar-refractivity contribution >= 4 is 17.2 Å². The lowest BCUT2D eigenvalue weighted by Gasteiger charge is -2.18.